The Morgan fingerprint density at radius 1 is 0.935 bits per heavy atom. The van der Waals surface area contributed by atoms with Gasteiger partial charge in [0.1, 0.15) is 5.76 Å². The SMILES string of the molecule is COCCN(CC(=O)N(Cc1ccccc1)Cc1ccco1)S(=O)(=O)c1ccccc1. The average Bonchev–Trinajstić information content (AvgIpc) is 3.30. The Hall–Kier alpha value is -2.94. The first-order valence-electron chi connectivity index (χ1n) is 9.89. The summed E-state index contributed by atoms with van der Waals surface area (Å²) in [4.78, 5) is 15.0. The molecule has 0 aliphatic carbocycles. The first-order chi connectivity index (χ1) is 15.0. The van der Waals surface area contributed by atoms with Gasteiger partial charge < -0.3 is 14.1 Å². The number of furan rings is 1. The molecule has 3 aromatic rings. The normalized spacial score (nSPS) is 11.5. The van der Waals surface area contributed by atoms with Crippen molar-refractivity contribution in [1.29, 1.82) is 0 Å². The van der Waals surface area contributed by atoms with Crippen LogP contribution in [0.2, 0.25) is 0 Å². The zero-order chi connectivity index (χ0) is 22.1. The second-order valence-corrected chi connectivity index (χ2v) is 8.90. The number of hydrogen-bond acceptors (Lipinski definition) is 5. The summed E-state index contributed by atoms with van der Waals surface area (Å²) in [5, 5.41) is 0. The predicted octanol–water partition coefficient (Wildman–Crippen LogP) is 3.15. The number of carbonyl (C=O) groups excluding carboxylic acids is 1. The van der Waals surface area contributed by atoms with Gasteiger partial charge in [0, 0.05) is 20.2 Å². The molecule has 0 aliphatic rings. The van der Waals surface area contributed by atoms with Crippen molar-refractivity contribution >= 4 is 15.9 Å². The van der Waals surface area contributed by atoms with Crippen molar-refractivity contribution in [2.75, 3.05) is 26.8 Å². The largest absolute Gasteiger partial charge is 0.467 e. The lowest BCUT2D eigenvalue weighted by molar-refractivity contribution is -0.133. The number of nitrogens with zero attached hydrogens (tertiary/aromatic N) is 2. The molecule has 0 fully saturated rings. The molecule has 1 heterocycles. The molecule has 3 rings (SSSR count). The second kappa shape index (κ2) is 10.9. The van der Waals surface area contributed by atoms with E-state index in [1.807, 2.05) is 30.3 Å². The van der Waals surface area contributed by atoms with Gasteiger partial charge in [0.2, 0.25) is 15.9 Å². The van der Waals surface area contributed by atoms with Gasteiger partial charge in [-0.15, -0.1) is 0 Å². The molecule has 8 heteroatoms. The summed E-state index contributed by atoms with van der Waals surface area (Å²) in [5.41, 5.74) is 0.941. The van der Waals surface area contributed by atoms with Crippen molar-refractivity contribution in [2.45, 2.75) is 18.0 Å². The molecule has 0 aliphatic heterocycles. The highest BCUT2D eigenvalue weighted by molar-refractivity contribution is 7.89. The molecule has 7 nitrogen and oxygen atoms in total. The summed E-state index contributed by atoms with van der Waals surface area (Å²) in [6, 6.07) is 21.2. The zero-order valence-corrected chi connectivity index (χ0v) is 18.2. The van der Waals surface area contributed by atoms with Crippen molar-refractivity contribution in [1.82, 2.24) is 9.21 Å². The van der Waals surface area contributed by atoms with Crippen LogP contribution in [0, 0.1) is 0 Å². The van der Waals surface area contributed by atoms with E-state index in [9.17, 15) is 13.2 Å². The summed E-state index contributed by atoms with van der Waals surface area (Å²) in [5.74, 6) is 0.300. The monoisotopic (exact) mass is 442 g/mol. The number of carbonyl (C=O) groups is 1. The minimum Gasteiger partial charge on any atom is -0.467 e. The van der Waals surface area contributed by atoms with Gasteiger partial charge in [0.25, 0.3) is 0 Å². The maximum atomic E-state index is 13.3. The average molecular weight is 443 g/mol. The van der Waals surface area contributed by atoms with Crippen molar-refractivity contribution in [3.05, 3.63) is 90.4 Å². The summed E-state index contributed by atoms with van der Waals surface area (Å²) in [7, 11) is -2.36. The number of sulfonamides is 1. The van der Waals surface area contributed by atoms with Crippen LogP contribution in [0.3, 0.4) is 0 Å². The minimum atomic E-state index is -3.85. The molecule has 0 unspecified atom stereocenters. The lowest BCUT2D eigenvalue weighted by Gasteiger charge is -2.27. The molecule has 0 radical (unpaired) electrons. The Morgan fingerprint density at radius 3 is 2.23 bits per heavy atom. The molecule has 0 saturated heterocycles. The molecular weight excluding hydrogens is 416 g/mol. The van der Waals surface area contributed by atoms with Gasteiger partial charge in [-0.2, -0.15) is 4.31 Å². The number of ether oxygens (including phenoxy) is 1. The van der Waals surface area contributed by atoms with Crippen LogP contribution in [0.4, 0.5) is 0 Å². The maximum absolute atomic E-state index is 13.3. The Morgan fingerprint density at radius 2 is 1.61 bits per heavy atom. The fourth-order valence-electron chi connectivity index (χ4n) is 3.10. The third-order valence-corrected chi connectivity index (χ3v) is 6.59. The van der Waals surface area contributed by atoms with Crippen LogP contribution in [-0.4, -0.2) is 50.3 Å². The lowest BCUT2D eigenvalue weighted by Crippen LogP contribution is -2.43. The van der Waals surface area contributed by atoms with E-state index < -0.39 is 10.0 Å². The molecule has 0 bridgehead atoms. The summed E-state index contributed by atoms with van der Waals surface area (Å²) in [6.45, 7) is 0.526. The topological polar surface area (TPSA) is 80.1 Å². The molecule has 0 spiro atoms. The molecule has 31 heavy (non-hydrogen) atoms. The van der Waals surface area contributed by atoms with Crippen molar-refractivity contribution in [2.24, 2.45) is 0 Å². The Kier molecular flexibility index (Phi) is 8.00. The summed E-state index contributed by atoms with van der Waals surface area (Å²) >= 11 is 0. The number of methoxy groups -OCH3 is 1. The molecular formula is C23H26N2O5S. The number of rotatable bonds is 11. The van der Waals surface area contributed by atoms with Gasteiger partial charge in [-0.05, 0) is 29.8 Å². The molecule has 1 aromatic heterocycles. The molecule has 2 aromatic carbocycles. The van der Waals surface area contributed by atoms with Crippen molar-refractivity contribution in [3.8, 4) is 0 Å². The van der Waals surface area contributed by atoms with Gasteiger partial charge >= 0.3 is 0 Å². The van der Waals surface area contributed by atoms with Crippen LogP contribution in [-0.2, 0) is 32.6 Å². The van der Waals surface area contributed by atoms with Gasteiger partial charge in [-0.3, -0.25) is 4.79 Å². The number of amides is 1. The van der Waals surface area contributed by atoms with Crippen LogP contribution in [0.5, 0.6) is 0 Å². The van der Waals surface area contributed by atoms with E-state index in [4.69, 9.17) is 9.15 Å². The van der Waals surface area contributed by atoms with Gasteiger partial charge in [-0.25, -0.2) is 8.42 Å². The van der Waals surface area contributed by atoms with E-state index in [0.717, 1.165) is 9.87 Å². The molecule has 0 N–H and O–H groups in total. The highest BCUT2D eigenvalue weighted by Gasteiger charge is 2.28. The van der Waals surface area contributed by atoms with E-state index in [0.29, 0.717) is 12.3 Å². The number of benzene rings is 2. The van der Waals surface area contributed by atoms with Crippen LogP contribution in [0.15, 0.2) is 88.4 Å². The zero-order valence-electron chi connectivity index (χ0n) is 17.4. The summed E-state index contributed by atoms with van der Waals surface area (Å²) in [6.07, 6.45) is 1.55. The molecule has 0 saturated carbocycles. The molecule has 1 amide bonds. The quantitative estimate of drug-likeness (QED) is 0.456. The smallest absolute Gasteiger partial charge is 0.243 e. The van der Waals surface area contributed by atoms with E-state index >= 15 is 0 Å². The van der Waals surface area contributed by atoms with E-state index in [-0.39, 0.29) is 37.0 Å². The Bertz CT molecular complexity index is 1040. The third kappa shape index (κ3) is 6.27. The standard InChI is InChI=1S/C23H26N2O5S/c1-29-16-14-25(31(27,28)22-12-6-3-7-13-22)19-23(26)24(18-21-11-8-15-30-21)17-20-9-4-2-5-10-20/h2-13,15H,14,16-19H2,1H3. The summed E-state index contributed by atoms with van der Waals surface area (Å²) < 4.78 is 38.0. The number of hydrogen-bond donors (Lipinski definition) is 0. The van der Waals surface area contributed by atoms with Gasteiger partial charge in [-0.1, -0.05) is 48.5 Å². The lowest BCUT2D eigenvalue weighted by atomic mass is 10.2. The van der Waals surface area contributed by atoms with Crippen LogP contribution >= 0.6 is 0 Å². The van der Waals surface area contributed by atoms with Crippen LogP contribution < -0.4 is 0 Å². The van der Waals surface area contributed by atoms with E-state index in [2.05, 4.69) is 0 Å². The Labute approximate surface area is 182 Å². The van der Waals surface area contributed by atoms with Gasteiger partial charge in [0.15, 0.2) is 0 Å². The van der Waals surface area contributed by atoms with Gasteiger partial charge in [0.05, 0.1) is 30.9 Å². The highest BCUT2D eigenvalue weighted by atomic mass is 32.2. The molecule has 164 valence electrons. The van der Waals surface area contributed by atoms with Crippen LogP contribution in [0.25, 0.3) is 0 Å². The van der Waals surface area contributed by atoms with Crippen LogP contribution in [0.1, 0.15) is 11.3 Å². The third-order valence-electron chi connectivity index (χ3n) is 4.73. The minimum absolute atomic E-state index is 0.0688. The van der Waals surface area contributed by atoms with E-state index in [1.54, 1.807) is 41.5 Å². The second-order valence-electron chi connectivity index (χ2n) is 6.96. The molecule has 0 atom stereocenters. The van der Waals surface area contributed by atoms with Crippen molar-refractivity contribution < 1.29 is 22.4 Å². The maximum Gasteiger partial charge on any atom is 0.243 e. The Balaban J connectivity index is 1.83. The fraction of sp³-hybridized carbons (Fsp3) is 0.261. The fourth-order valence-corrected chi connectivity index (χ4v) is 4.49. The first-order valence-corrected chi connectivity index (χ1v) is 11.3. The van der Waals surface area contributed by atoms with Crippen molar-refractivity contribution in [3.63, 3.8) is 0 Å². The van der Waals surface area contributed by atoms with E-state index in [1.165, 1.54) is 19.2 Å². The first kappa shape index (κ1) is 22.7. The predicted molar refractivity (Wildman–Crippen MR) is 116 cm³/mol. The highest BCUT2D eigenvalue weighted by Crippen LogP contribution is 2.17.